The molecule has 26 heavy (non-hydrogen) atoms. The fourth-order valence-electron chi connectivity index (χ4n) is 3.36. The first kappa shape index (κ1) is 14.6. The largest absolute Gasteiger partial charge is 0.461 e. The molecule has 5 heteroatoms. The van der Waals surface area contributed by atoms with E-state index in [2.05, 4.69) is 9.97 Å². The maximum atomic E-state index is 13.0. The fraction of sp³-hybridized carbons (Fsp3) is 0. The Morgan fingerprint density at radius 1 is 0.846 bits per heavy atom. The highest BCUT2D eigenvalue weighted by molar-refractivity contribution is 6.20. The number of nitrogens with zero attached hydrogens (tertiary/aromatic N) is 3. The van der Waals surface area contributed by atoms with Crippen molar-refractivity contribution in [1.82, 2.24) is 14.5 Å². The number of benzene rings is 2. The lowest BCUT2D eigenvalue weighted by atomic mass is 10.0. The Hall–Kier alpha value is -3.73. The average molecular weight is 339 g/mol. The summed E-state index contributed by atoms with van der Waals surface area (Å²) in [6.45, 7) is 0. The van der Waals surface area contributed by atoms with Gasteiger partial charge in [-0.1, -0.05) is 30.3 Å². The first-order chi connectivity index (χ1) is 12.8. The van der Waals surface area contributed by atoms with E-state index in [4.69, 9.17) is 4.42 Å². The van der Waals surface area contributed by atoms with E-state index in [0.717, 1.165) is 21.8 Å². The van der Waals surface area contributed by atoms with Crippen LogP contribution in [0.15, 0.2) is 83.7 Å². The minimum Gasteiger partial charge on any atom is -0.461 e. The molecule has 5 nitrogen and oxygen atoms in total. The summed E-state index contributed by atoms with van der Waals surface area (Å²) in [5, 5.41) is 2.02. The van der Waals surface area contributed by atoms with E-state index in [1.807, 2.05) is 47.0 Å². The van der Waals surface area contributed by atoms with Crippen molar-refractivity contribution in [3.05, 3.63) is 90.6 Å². The molecule has 124 valence electrons. The molecular formula is C21H13N3O2. The predicted octanol–water partition coefficient (Wildman–Crippen LogP) is 4.40. The molecule has 3 heterocycles. The van der Waals surface area contributed by atoms with Crippen molar-refractivity contribution in [2.24, 2.45) is 0 Å². The van der Waals surface area contributed by atoms with Crippen molar-refractivity contribution < 1.29 is 9.21 Å². The predicted molar refractivity (Wildman–Crippen MR) is 98.5 cm³/mol. The van der Waals surface area contributed by atoms with Gasteiger partial charge in [0.1, 0.15) is 0 Å². The molecule has 0 amide bonds. The Kier molecular flexibility index (Phi) is 3.18. The number of hydrogen-bond acceptors (Lipinski definition) is 4. The molecule has 0 fully saturated rings. The van der Waals surface area contributed by atoms with Gasteiger partial charge in [0.25, 0.3) is 0 Å². The third-order valence-corrected chi connectivity index (χ3v) is 4.44. The Morgan fingerprint density at radius 3 is 2.46 bits per heavy atom. The van der Waals surface area contributed by atoms with E-state index < -0.39 is 0 Å². The maximum Gasteiger partial charge on any atom is 0.234 e. The number of carbonyl (C=O) groups is 1. The van der Waals surface area contributed by atoms with Crippen LogP contribution in [-0.4, -0.2) is 20.3 Å². The van der Waals surface area contributed by atoms with Crippen LogP contribution in [0.25, 0.3) is 27.8 Å². The quantitative estimate of drug-likeness (QED) is 0.457. The molecule has 0 bridgehead atoms. The summed E-state index contributed by atoms with van der Waals surface area (Å²) >= 11 is 0. The zero-order chi connectivity index (χ0) is 17.5. The number of aromatic nitrogens is 3. The van der Waals surface area contributed by atoms with Gasteiger partial charge in [0.2, 0.25) is 11.7 Å². The molecule has 3 aromatic heterocycles. The monoisotopic (exact) mass is 339 g/mol. The molecule has 2 aromatic carbocycles. The van der Waals surface area contributed by atoms with E-state index >= 15 is 0 Å². The lowest BCUT2D eigenvalue weighted by molar-refractivity contribution is 0.101. The number of rotatable bonds is 3. The molecule has 5 aromatic rings. The second kappa shape index (κ2) is 5.67. The van der Waals surface area contributed by atoms with Gasteiger partial charge >= 0.3 is 0 Å². The zero-order valence-electron chi connectivity index (χ0n) is 13.7. The van der Waals surface area contributed by atoms with Crippen LogP contribution in [0, 0.1) is 0 Å². The number of furan rings is 1. The number of hydrogen-bond donors (Lipinski definition) is 0. The molecule has 0 atom stereocenters. The van der Waals surface area contributed by atoms with Gasteiger partial charge in [-0.3, -0.25) is 9.36 Å². The number of ketones is 1. The minimum atomic E-state index is -0.166. The SMILES string of the molecule is O=C(c1ccco1)c1cccc2c3ccccc3n(-c3ncccn3)c12. The van der Waals surface area contributed by atoms with Crippen LogP contribution in [0.1, 0.15) is 16.1 Å². The molecule has 0 aliphatic rings. The third-order valence-electron chi connectivity index (χ3n) is 4.44. The highest BCUT2D eigenvalue weighted by Gasteiger charge is 2.21. The van der Waals surface area contributed by atoms with Gasteiger partial charge in [-0.2, -0.15) is 0 Å². The van der Waals surface area contributed by atoms with Crippen molar-refractivity contribution >= 4 is 27.6 Å². The Bertz CT molecular complexity index is 1240. The van der Waals surface area contributed by atoms with Gasteiger partial charge in [0, 0.05) is 23.2 Å². The zero-order valence-corrected chi connectivity index (χ0v) is 13.7. The van der Waals surface area contributed by atoms with Crippen LogP contribution in [0.5, 0.6) is 0 Å². The summed E-state index contributed by atoms with van der Waals surface area (Å²) in [6.07, 6.45) is 4.89. The molecule has 0 aliphatic heterocycles. The molecular weight excluding hydrogens is 326 g/mol. The first-order valence-electron chi connectivity index (χ1n) is 8.22. The van der Waals surface area contributed by atoms with E-state index in [-0.39, 0.29) is 5.78 Å². The minimum absolute atomic E-state index is 0.166. The van der Waals surface area contributed by atoms with Crippen molar-refractivity contribution in [3.8, 4) is 5.95 Å². The van der Waals surface area contributed by atoms with Gasteiger partial charge < -0.3 is 4.42 Å². The van der Waals surface area contributed by atoms with Crippen LogP contribution in [0.3, 0.4) is 0 Å². The summed E-state index contributed by atoms with van der Waals surface area (Å²) in [4.78, 5) is 21.8. The Labute approximate surface area is 148 Å². The second-order valence-electron chi connectivity index (χ2n) is 5.91. The summed E-state index contributed by atoms with van der Waals surface area (Å²) in [5.74, 6) is 0.669. The van der Waals surface area contributed by atoms with Crippen molar-refractivity contribution in [2.45, 2.75) is 0 Å². The van der Waals surface area contributed by atoms with Gasteiger partial charge in [0.05, 0.1) is 22.9 Å². The van der Waals surface area contributed by atoms with Crippen molar-refractivity contribution in [1.29, 1.82) is 0 Å². The number of fused-ring (bicyclic) bond motifs is 3. The first-order valence-corrected chi connectivity index (χ1v) is 8.22. The highest BCUT2D eigenvalue weighted by atomic mass is 16.3. The lowest BCUT2D eigenvalue weighted by Gasteiger charge is -2.08. The molecule has 0 spiro atoms. The van der Waals surface area contributed by atoms with E-state index in [0.29, 0.717) is 17.3 Å². The lowest BCUT2D eigenvalue weighted by Crippen LogP contribution is -2.06. The normalized spacial score (nSPS) is 11.2. The van der Waals surface area contributed by atoms with Gasteiger partial charge in [-0.25, -0.2) is 9.97 Å². The fourth-order valence-corrected chi connectivity index (χ4v) is 3.36. The van der Waals surface area contributed by atoms with Crippen LogP contribution in [0.2, 0.25) is 0 Å². The summed E-state index contributed by atoms with van der Waals surface area (Å²) < 4.78 is 7.26. The highest BCUT2D eigenvalue weighted by Crippen LogP contribution is 2.33. The van der Waals surface area contributed by atoms with Crippen LogP contribution in [-0.2, 0) is 0 Å². The molecule has 0 saturated heterocycles. The van der Waals surface area contributed by atoms with Crippen LogP contribution in [0.4, 0.5) is 0 Å². The van der Waals surface area contributed by atoms with Crippen molar-refractivity contribution in [2.75, 3.05) is 0 Å². The smallest absolute Gasteiger partial charge is 0.234 e. The molecule has 0 radical (unpaired) electrons. The summed E-state index contributed by atoms with van der Waals surface area (Å²) in [5.41, 5.74) is 2.29. The van der Waals surface area contributed by atoms with Crippen molar-refractivity contribution in [3.63, 3.8) is 0 Å². The molecule has 0 aliphatic carbocycles. The molecule has 0 unspecified atom stereocenters. The molecule has 0 N–H and O–H groups in total. The van der Waals surface area contributed by atoms with Gasteiger partial charge in [0.15, 0.2) is 5.76 Å². The average Bonchev–Trinajstić information content (AvgIpc) is 3.34. The number of carbonyl (C=O) groups excluding carboxylic acids is 1. The van der Waals surface area contributed by atoms with Crippen LogP contribution >= 0.6 is 0 Å². The van der Waals surface area contributed by atoms with E-state index in [1.54, 1.807) is 30.6 Å². The molecule has 5 rings (SSSR count). The second-order valence-corrected chi connectivity index (χ2v) is 5.91. The summed E-state index contributed by atoms with van der Waals surface area (Å²) in [6, 6.07) is 18.9. The van der Waals surface area contributed by atoms with Crippen LogP contribution < -0.4 is 0 Å². The third kappa shape index (κ3) is 2.07. The topological polar surface area (TPSA) is 60.9 Å². The summed E-state index contributed by atoms with van der Waals surface area (Å²) in [7, 11) is 0. The Balaban J connectivity index is 1.93. The Morgan fingerprint density at radius 2 is 1.65 bits per heavy atom. The van der Waals surface area contributed by atoms with E-state index in [9.17, 15) is 4.79 Å². The standard InChI is InChI=1S/C21H13N3O2/c25-20(18-10-4-13-26-18)16-8-3-7-15-14-6-1-2-9-17(14)24(19(15)16)21-22-11-5-12-23-21/h1-13H. The number of para-hydroxylation sites is 2. The maximum absolute atomic E-state index is 13.0. The molecule has 0 saturated carbocycles. The van der Waals surface area contributed by atoms with Gasteiger partial charge in [-0.05, 0) is 30.3 Å². The van der Waals surface area contributed by atoms with E-state index in [1.165, 1.54) is 6.26 Å². The van der Waals surface area contributed by atoms with Gasteiger partial charge in [-0.15, -0.1) is 0 Å².